The Hall–Kier alpha value is -1.36. The van der Waals surface area contributed by atoms with Crippen LogP contribution in [0.2, 0.25) is 0 Å². The lowest BCUT2D eigenvalue weighted by molar-refractivity contribution is 0.0903. The number of hydrogen-bond donors (Lipinski definition) is 1. The normalized spacial score (nSPS) is 9.21. The molecule has 0 amide bonds. The van der Waals surface area contributed by atoms with Crippen LogP contribution in [-0.2, 0) is 0 Å². The first-order valence-electron chi connectivity index (χ1n) is 3.90. The van der Waals surface area contributed by atoms with Crippen LogP contribution in [0.1, 0.15) is 17.3 Å². The van der Waals surface area contributed by atoms with E-state index >= 15 is 0 Å². The summed E-state index contributed by atoms with van der Waals surface area (Å²) in [4.78, 5) is 14.4. The Morgan fingerprint density at radius 2 is 2.21 bits per heavy atom. The number of nitrogens with zero attached hydrogens (tertiary/aromatic N) is 1. The Morgan fingerprint density at radius 1 is 1.64 bits per heavy atom. The summed E-state index contributed by atoms with van der Waals surface area (Å²) >= 11 is 0. The maximum atomic E-state index is 10.7. The van der Waals surface area contributed by atoms with Crippen LogP contribution in [0, 0.1) is 0 Å². The third kappa shape index (κ3) is 6.19. The number of aliphatic hydroxyl groups excluding tert-OH is 1. The summed E-state index contributed by atoms with van der Waals surface area (Å²) in [5.41, 5.74) is 0.449. The van der Waals surface area contributed by atoms with Gasteiger partial charge >= 0.3 is 0 Å². The van der Waals surface area contributed by atoms with Crippen molar-refractivity contribution in [3.05, 3.63) is 30.1 Å². The zero-order valence-electron chi connectivity index (χ0n) is 7.65. The van der Waals surface area contributed by atoms with Crippen molar-refractivity contribution in [1.29, 1.82) is 0 Å². The molecule has 1 rings (SSSR count). The smallest absolute Gasteiger partial charge is 0.235 e. The minimum absolute atomic E-state index is 0.298. The number of Topliss-reactive ketones (excluding diaryl/α,β-unsaturated/α-hetero) is 1. The number of carbonyl (C=O) groups excluding carboxylic acids is 1. The summed E-state index contributed by atoms with van der Waals surface area (Å²) in [6, 6.07) is 3.27. The second-order valence-corrected chi connectivity index (χ2v) is 2.34. The topological polar surface area (TPSA) is 50.2 Å². The number of aromatic nitrogens is 1. The molecule has 1 heterocycles. The Morgan fingerprint density at radius 3 is 2.57 bits per heavy atom. The number of carbonyl (C=O) groups is 1. The maximum Gasteiger partial charge on any atom is 0.235 e. The second-order valence-electron chi connectivity index (χ2n) is 2.34. The van der Waals surface area contributed by atoms with Gasteiger partial charge in [-0.15, -0.1) is 0 Å². The van der Waals surface area contributed by atoms with Gasteiger partial charge in [-0.1, -0.05) is 0 Å². The van der Waals surface area contributed by atoms with Gasteiger partial charge in [0, 0.05) is 18.0 Å². The molecule has 0 aliphatic carbocycles. The molecule has 0 unspecified atom stereocenters. The molecule has 0 aliphatic rings. The highest BCUT2D eigenvalue weighted by Crippen LogP contribution is 1.95. The number of halogens is 2. The van der Waals surface area contributed by atoms with Crippen molar-refractivity contribution in [3.63, 3.8) is 0 Å². The van der Waals surface area contributed by atoms with Crippen LogP contribution in [0.15, 0.2) is 24.5 Å². The highest BCUT2D eigenvalue weighted by Gasteiger charge is 2.00. The van der Waals surface area contributed by atoms with Crippen LogP contribution in [0.3, 0.4) is 0 Å². The van der Waals surface area contributed by atoms with E-state index in [4.69, 9.17) is 5.11 Å². The van der Waals surface area contributed by atoms with E-state index in [1.807, 2.05) is 0 Å². The van der Waals surface area contributed by atoms with Crippen LogP contribution >= 0.6 is 0 Å². The summed E-state index contributed by atoms with van der Waals surface area (Å²) in [5.74, 6) is -0.298. The molecule has 0 aromatic carbocycles. The molecule has 0 saturated heterocycles. The molecule has 0 radical (unpaired) electrons. The highest BCUT2D eigenvalue weighted by molar-refractivity contribution is 5.96. The molecule has 3 nitrogen and oxygen atoms in total. The van der Waals surface area contributed by atoms with E-state index in [0.29, 0.717) is 5.56 Å². The lowest BCUT2D eigenvalue weighted by Gasteiger charge is -1.92. The van der Waals surface area contributed by atoms with Crippen molar-refractivity contribution in [2.75, 3.05) is 6.61 Å². The average molecular weight is 203 g/mol. The minimum Gasteiger partial charge on any atom is -0.388 e. The predicted octanol–water partition coefficient (Wildman–Crippen LogP) is 1.53. The molecule has 0 spiro atoms. The summed E-state index contributed by atoms with van der Waals surface area (Å²) in [6.45, 7) is 0.381. The van der Waals surface area contributed by atoms with Gasteiger partial charge in [0.05, 0.1) is 0 Å². The van der Waals surface area contributed by atoms with E-state index < -0.39 is 13.0 Å². The van der Waals surface area contributed by atoms with E-state index in [-0.39, 0.29) is 5.78 Å². The van der Waals surface area contributed by atoms with Crippen molar-refractivity contribution in [1.82, 2.24) is 4.98 Å². The number of aliphatic hydroxyl groups is 1. The van der Waals surface area contributed by atoms with E-state index in [1.165, 1.54) is 6.20 Å². The number of rotatable bonds is 2. The van der Waals surface area contributed by atoms with Crippen molar-refractivity contribution in [2.45, 2.75) is 13.3 Å². The van der Waals surface area contributed by atoms with Crippen LogP contribution in [0.4, 0.5) is 8.78 Å². The van der Waals surface area contributed by atoms with Crippen molar-refractivity contribution in [3.8, 4) is 0 Å². The van der Waals surface area contributed by atoms with Gasteiger partial charge < -0.3 is 5.11 Å². The number of alkyl halides is 2. The van der Waals surface area contributed by atoms with E-state index in [2.05, 4.69) is 4.98 Å². The number of hydrogen-bond acceptors (Lipinski definition) is 3. The van der Waals surface area contributed by atoms with Crippen LogP contribution in [0.5, 0.6) is 0 Å². The fourth-order valence-electron chi connectivity index (χ4n) is 0.619. The molecule has 0 aliphatic heterocycles. The van der Waals surface area contributed by atoms with Crippen molar-refractivity contribution < 1.29 is 18.7 Å². The summed E-state index contributed by atoms with van der Waals surface area (Å²) in [7, 11) is 0. The molecule has 0 fully saturated rings. The predicted molar refractivity (Wildman–Crippen MR) is 47.3 cm³/mol. The van der Waals surface area contributed by atoms with E-state index in [0.717, 1.165) is 6.92 Å². The second kappa shape index (κ2) is 7.08. The Kier molecular flexibility index (Phi) is 6.39. The molecule has 1 aromatic heterocycles. The lowest BCUT2D eigenvalue weighted by Crippen LogP contribution is -2.03. The molecule has 0 saturated carbocycles. The third-order valence-electron chi connectivity index (χ3n) is 1.13. The van der Waals surface area contributed by atoms with Gasteiger partial charge in [0.15, 0.2) is 5.78 Å². The summed E-state index contributed by atoms with van der Waals surface area (Å²) in [5, 5.41) is 8.41. The van der Waals surface area contributed by atoms with Gasteiger partial charge in [0.2, 0.25) is 6.43 Å². The van der Waals surface area contributed by atoms with Gasteiger partial charge in [-0.3, -0.25) is 9.78 Å². The molecule has 78 valence electrons. The maximum absolute atomic E-state index is 10.7. The van der Waals surface area contributed by atoms with Gasteiger partial charge in [0.25, 0.3) is 0 Å². The number of pyridine rings is 1. The Bertz CT molecular complexity index is 262. The summed E-state index contributed by atoms with van der Waals surface area (Å²) in [6.07, 6.45) is 0.840. The van der Waals surface area contributed by atoms with Gasteiger partial charge in [-0.25, -0.2) is 8.78 Å². The summed E-state index contributed by atoms with van der Waals surface area (Å²) < 4.78 is 20.7. The number of ketones is 1. The van der Waals surface area contributed by atoms with Crippen LogP contribution in [-0.4, -0.2) is 28.9 Å². The standard InChI is InChI=1S/C7H7NO2.C2H4F2/c9-5-7(10)6-2-1-3-8-4-6;1-2(3)4/h1-4,9H,5H2;2H,1H3. The molecule has 1 aromatic rings. The first-order valence-corrected chi connectivity index (χ1v) is 3.90. The molecule has 1 N–H and O–H groups in total. The average Bonchev–Trinajstić information content (AvgIpc) is 2.17. The van der Waals surface area contributed by atoms with Gasteiger partial charge in [-0.2, -0.15) is 0 Å². The first-order chi connectivity index (χ1) is 6.57. The van der Waals surface area contributed by atoms with Crippen LogP contribution in [0.25, 0.3) is 0 Å². The zero-order chi connectivity index (χ0) is 11.0. The lowest BCUT2D eigenvalue weighted by atomic mass is 10.2. The fourth-order valence-corrected chi connectivity index (χ4v) is 0.619. The SMILES string of the molecule is CC(F)F.O=C(CO)c1cccnc1. The van der Waals surface area contributed by atoms with E-state index in [1.54, 1.807) is 18.3 Å². The first kappa shape index (κ1) is 12.6. The van der Waals surface area contributed by atoms with Gasteiger partial charge in [0.1, 0.15) is 6.61 Å². The quantitative estimate of drug-likeness (QED) is 0.741. The van der Waals surface area contributed by atoms with Gasteiger partial charge in [-0.05, 0) is 19.1 Å². The van der Waals surface area contributed by atoms with Crippen molar-refractivity contribution >= 4 is 5.78 Å². The Labute approximate surface area is 80.4 Å². The molecule has 5 heteroatoms. The fraction of sp³-hybridized carbons (Fsp3) is 0.333. The van der Waals surface area contributed by atoms with Crippen molar-refractivity contribution in [2.24, 2.45) is 0 Å². The van der Waals surface area contributed by atoms with E-state index in [9.17, 15) is 13.6 Å². The van der Waals surface area contributed by atoms with Crippen LogP contribution < -0.4 is 0 Å². The molecule has 0 atom stereocenters. The zero-order valence-corrected chi connectivity index (χ0v) is 7.65. The third-order valence-corrected chi connectivity index (χ3v) is 1.13. The monoisotopic (exact) mass is 203 g/mol. The largest absolute Gasteiger partial charge is 0.388 e. The highest BCUT2D eigenvalue weighted by atomic mass is 19.3. The molecule has 14 heavy (non-hydrogen) atoms. The molecular formula is C9H11F2NO2. The molecular weight excluding hydrogens is 192 g/mol. The molecule has 0 bridgehead atoms. The Balaban J connectivity index is 0.000000364. The minimum atomic E-state index is -2.17.